The fraction of sp³-hybridized carbons (Fsp3) is 0.423. The number of carbonyl (C=O) groups is 1. The Hall–Kier alpha value is -3.19. The minimum Gasteiger partial charge on any atom is -0.494 e. The summed E-state index contributed by atoms with van der Waals surface area (Å²) < 4.78 is 10.9. The molecule has 174 valence electrons. The third-order valence-corrected chi connectivity index (χ3v) is 5.91. The minimum atomic E-state index is 0.000686. The second-order valence-electron chi connectivity index (χ2n) is 8.42. The van der Waals surface area contributed by atoms with Crippen LogP contribution in [0.3, 0.4) is 0 Å². The number of nitrogens with one attached hydrogen (secondary N) is 1. The molecule has 33 heavy (non-hydrogen) atoms. The van der Waals surface area contributed by atoms with Gasteiger partial charge >= 0.3 is 0 Å². The zero-order valence-corrected chi connectivity index (χ0v) is 19.2. The average molecular weight is 449 g/mol. The van der Waals surface area contributed by atoms with E-state index in [1.165, 1.54) is 5.56 Å². The summed E-state index contributed by atoms with van der Waals surface area (Å²) in [5.74, 6) is 2.23. The molecule has 2 aromatic carbocycles. The summed E-state index contributed by atoms with van der Waals surface area (Å²) in [7, 11) is 0. The number of aryl methyl sites for hydroxylation is 1. The Morgan fingerprint density at radius 1 is 1.18 bits per heavy atom. The van der Waals surface area contributed by atoms with Crippen LogP contribution in [-0.4, -0.2) is 47.2 Å². The van der Waals surface area contributed by atoms with Crippen LogP contribution in [-0.2, 0) is 17.8 Å². The Morgan fingerprint density at radius 2 is 2.00 bits per heavy atom. The van der Waals surface area contributed by atoms with Gasteiger partial charge in [-0.3, -0.25) is 9.69 Å². The van der Waals surface area contributed by atoms with E-state index in [1.54, 1.807) is 0 Å². The van der Waals surface area contributed by atoms with Crippen molar-refractivity contribution in [1.82, 2.24) is 20.4 Å². The summed E-state index contributed by atoms with van der Waals surface area (Å²) >= 11 is 0. The molecule has 7 nitrogen and oxygen atoms in total. The van der Waals surface area contributed by atoms with Gasteiger partial charge in [-0.05, 0) is 56.8 Å². The van der Waals surface area contributed by atoms with E-state index in [4.69, 9.17) is 9.26 Å². The molecule has 1 atom stereocenters. The smallest absolute Gasteiger partial charge is 0.241 e. The predicted octanol–water partition coefficient (Wildman–Crippen LogP) is 4.10. The lowest BCUT2D eigenvalue weighted by molar-refractivity contribution is -0.126. The summed E-state index contributed by atoms with van der Waals surface area (Å²) in [6.45, 7) is 5.56. The first kappa shape index (κ1) is 23.0. The summed E-state index contributed by atoms with van der Waals surface area (Å²) in [6.07, 6.45) is 3.76. The fourth-order valence-corrected chi connectivity index (χ4v) is 4.20. The zero-order valence-electron chi connectivity index (χ0n) is 19.2. The Bertz CT molecular complexity index is 1000. The molecule has 1 fully saturated rings. The topological polar surface area (TPSA) is 80.5 Å². The maximum Gasteiger partial charge on any atom is 0.241 e. The van der Waals surface area contributed by atoms with Crippen molar-refractivity contribution in [2.45, 2.75) is 39.2 Å². The number of benzene rings is 2. The molecule has 0 bridgehead atoms. The molecule has 0 saturated carbocycles. The van der Waals surface area contributed by atoms with Crippen LogP contribution in [0.15, 0.2) is 59.1 Å². The summed E-state index contributed by atoms with van der Waals surface area (Å²) in [5.41, 5.74) is 2.19. The Balaban J connectivity index is 1.20. The first-order chi connectivity index (χ1) is 16.2. The van der Waals surface area contributed by atoms with Crippen molar-refractivity contribution in [2.24, 2.45) is 5.92 Å². The van der Waals surface area contributed by atoms with Gasteiger partial charge in [-0.1, -0.05) is 47.6 Å². The SMILES string of the molecule is CCOc1ccc(CCCNC(=O)C2CCCN(Cc3nc(-c4ccccc4)no3)C2)cc1. The van der Waals surface area contributed by atoms with Crippen LogP contribution in [0.5, 0.6) is 5.75 Å². The molecular weight excluding hydrogens is 416 g/mol. The Labute approximate surface area is 195 Å². The van der Waals surface area contributed by atoms with Crippen LogP contribution in [0.2, 0.25) is 0 Å². The van der Waals surface area contributed by atoms with Crippen LogP contribution in [0.1, 0.15) is 37.6 Å². The summed E-state index contributed by atoms with van der Waals surface area (Å²) in [6, 6.07) is 18.0. The highest BCUT2D eigenvalue weighted by Gasteiger charge is 2.26. The van der Waals surface area contributed by atoms with Crippen molar-refractivity contribution in [3.8, 4) is 17.1 Å². The molecular formula is C26H32N4O3. The van der Waals surface area contributed by atoms with E-state index in [2.05, 4.69) is 32.5 Å². The van der Waals surface area contributed by atoms with Crippen LogP contribution in [0, 0.1) is 5.92 Å². The largest absolute Gasteiger partial charge is 0.494 e. The highest BCUT2D eigenvalue weighted by atomic mass is 16.5. The van der Waals surface area contributed by atoms with Crippen molar-refractivity contribution in [3.05, 3.63) is 66.1 Å². The lowest BCUT2D eigenvalue weighted by Gasteiger charge is -2.30. The number of nitrogens with zero attached hydrogens (tertiary/aromatic N) is 3. The van der Waals surface area contributed by atoms with Crippen LogP contribution in [0.25, 0.3) is 11.4 Å². The van der Waals surface area contributed by atoms with Crippen LogP contribution in [0.4, 0.5) is 0 Å². The zero-order chi connectivity index (χ0) is 22.9. The van der Waals surface area contributed by atoms with Crippen molar-refractivity contribution in [2.75, 3.05) is 26.2 Å². The van der Waals surface area contributed by atoms with Crippen molar-refractivity contribution in [3.63, 3.8) is 0 Å². The van der Waals surface area contributed by atoms with Crippen molar-refractivity contribution in [1.29, 1.82) is 0 Å². The molecule has 1 aromatic heterocycles. The second kappa shape index (κ2) is 11.6. The van der Waals surface area contributed by atoms with Gasteiger partial charge in [-0.2, -0.15) is 4.98 Å². The third-order valence-electron chi connectivity index (χ3n) is 5.91. The van der Waals surface area contributed by atoms with Gasteiger partial charge in [0, 0.05) is 18.7 Å². The monoisotopic (exact) mass is 448 g/mol. The normalized spacial score (nSPS) is 16.5. The molecule has 0 aliphatic carbocycles. The Morgan fingerprint density at radius 3 is 2.79 bits per heavy atom. The van der Waals surface area contributed by atoms with E-state index < -0.39 is 0 Å². The maximum absolute atomic E-state index is 12.7. The minimum absolute atomic E-state index is 0.000686. The van der Waals surface area contributed by atoms with Crippen LogP contribution >= 0.6 is 0 Å². The standard InChI is InChI=1S/C26H32N4O3/c1-2-32-23-14-12-20(13-15-23)8-6-16-27-26(31)22-11-7-17-30(18-22)19-24-28-25(29-33-24)21-9-4-3-5-10-21/h3-5,9-10,12-15,22H,2,6-8,11,16-19H2,1H3,(H,27,31). The van der Waals surface area contributed by atoms with E-state index in [-0.39, 0.29) is 11.8 Å². The highest BCUT2D eigenvalue weighted by Crippen LogP contribution is 2.20. The van der Waals surface area contributed by atoms with Gasteiger partial charge in [0.15, 0.2) is 0 Å². The second-order valence-corrected chi connectivity index (χ2v) is 8.42. The molecule has 1 aliphatic heterocycles. The first-order valence-corrected chi connectivity index (χ1v) is 11.8. The predicted molar refractivity (Wildman–Crippen MR) is 127 cm³/mol. The first-order valence-electron chi connectivity index (χ1n) is 11.8. The van der Waals surface area contributed by atoms with E-state index in [9.17, 15) is 4.79 Å². The quantitative estimate of drug-likeness (QED) is 0.471. The van der Waals surface area contributed by atoms with E-state index in [0.29, 0.717) is 38.0 Å². The van der Waals surface area contributed by atoms with Gasteiger partial charge in [-0.25, -0.2) is 0 Å². The number of rotatable bonds is 10. The molecule has 2 heterocycles. The number of hydrogen-bond donors (Lipinski definition) is 1. The highest BCUT2D eigenvalue weighted by molar-refractivity contribution is 5.78. The number of amides is 1. The van der Waals surface area contributed by atoms with E-state index >= 15 is 0 Å². The average Bonchev–Trinajstić information content (AvgIpc) is 3.32. The molecule has 1 aliphatic rings. The number of piperidine rings is 1. The number of ether oxygens (including phenoxy) is 1. The van der Waals surface area contributed by atoms with E-state index in [0.717, 1.165) is 43.5 Å². The lowest BCUT2D eigenvalue weighted by Crippen LogP contribution is -2.43. The van der Waals surface area contributed by atoms with Gasteiger partial charge in [0.25, 0.3) is 0 Å². The number of hydrogen-bond acceptors (Lipinski definition) is 6. The van der Waals surface area contributed by atoms with Gasteiger partial charge in [0.1, 0.15) is 5.75 Å². The summed E-state index contributed by atoms with van der Waals surface area (Å²) in [4.78, 5) is 19.5. The van der Waals surface area contributed by atoms with Crippen molar-refractivity contribution >= 4 is 5.91 Å². The van der Waals surface area contributed by atoms with Crippen molar-refractivity contribution < 1.29 is 14.1 Å². The third kappa shape index (κ3) is 6.65. The number of likely N-dealkylation sites (tertiary alicyclic amines) is 1. The molecule has 1 saturated heterocycles. The number of aromatic nitrogens is 2. The molecule has 0 radical (unpaired) electrons. The molecule has 3 aromatic rings. The summed E-state index contributed by atoms with van der Waals surface area (Å²) in [5, 5.41) is 7.22. The van der Waals surface area contributed by atoms with E-state index in [1.807, 2.05) is 49.4 Å². The molecule has 1 amide bonds. The molecule has 1 N–H and O–H groups in total. The molecule has 1 unspecified atom stereocenters. The van der Waals surface area contributed by atoms with Gasteiger partial charge < -0.3 is 14.6 Å². The lowest BCUT2D eigenvalue weighted by atomic mass is 9.97. The molecule has 0 spiro atoms. The van der Waals surface area contributed by atoms with Gasteiger partial charge in [0.2, 0.25) is 17.6 Å². The fourth-order valence-electron chi connectivity index (χ4n) is 4.20. The number of carbonyl (C=O) groups excluding carboxylic acids is 1. The van der Waals surface area contributed by atoms with Gasteiger partial charge in [0.05, 0.1) is 19.1 Å². The van der Waals surface area contributed by atoms with Crippen LogP contribution < -0.4 is 10.1 Å². The maximum atomic E-state index is 12.7. The molecule has 4 rings (SSSR count). The molecule has 7 heteroatoms. The van der Waals surface area contributed by atoms with Gasteiger partial charge in [-0.15, -0.1) is 0 Å². The Kier molecular flexibility index (Phi) is 8.09.